The summed E-state index contributed by atoms with van der Waals surface area (Å²) in [7, 11) is 0. The number of carbonyl (C=O) groups is 2. The Bertz CT molecular complexity index is 807. The maximum Gasteiger partial charge on any atom is 0.269 e. The molecule has 0 radical (unpaired) electrons. The van der Waals surface area contributed by atoms with E-state index in [2.05, 4.69) is 22.8 Å². The number of hydrogen-bond donors (Lipinski definition) is 2. The zero-order valence-electron chi connectivity index (χ0n) is 12.6. The van der Waals surface area contributed by atoms with Crippen LogP contribution in [0.2, 0.25) is 0 Å². The van der Waals surface area contributed by atoms with Gasteiger partial charge in [-0.2, -0.15) is 0 Å². The van der Waals surface area contributed by atoms with Gasteiger partial charge < -0.3 is 0 Å². The molecule has 0 bridgehead atoms. The van der Waals surface area contributed by atoms with Gasteiger partial charge in [0.05, 0.1) is 12.1 Å². The lowest BCUT2D eigenvalue weighted by molar-refractivity contribution is -0.121. The Hall–Kier alpha value is -2.67. The lowest BCUT2D eigenvalue weighted by Crippen LogP contribution is -2.42. The molecule has 3 rings (SSSR count). The fourth-order valence-electron chi connectivity index (χ4n) is 2.16. The Labute approximate surface area is 137 Å². The van der Waals surface area contributed by atoms with Gasteiger partial charge in [0.15, 0.2) is 4.96 Å². The third-order valence-electron chi connectivity index (χ3n) is 3.42. The highest BCUT2D eigenvalue weighted by Gasteiger charge is 2.10. The molecule has 2 aromatic heterocycles. The maximum absolute atomic E-state index is 12.0. The molecule has 2 amide bonds. The van der Waals surface area contributed by atoms with Gasteiger partial charge in [-0.25, -0.2) is 4.98 Å². The van der Waals surface area contributed by atoms with Gasteiger partial charge in [-0.15, -0.1) is 11.3 Å². The molecule has 2 heterocycles. The summed E-state index contributed by atoms with van der Waals surface area (Å²) in [6.45, 7) is 2.05. The third-order valence-corrected chi connectivity index (χ3v) is 4.20. The van der Waals surface area contributed by atoms with Crippen LogP contribution >= 0.6 is 11.3 Å². The second-order valence-corrected chi connectivity index (χ2v) is 5.93. The number of thiazole rings is 1. The molecule has 3 aromatic rings. The predicted octanol–water partition coefficient (Wildman–Crippen LogP) is 1.96. The van der Waals surface area contributed by atoms with E-state index < -0.39 is 0 Å². The van der Waals surface area contributed by atoms with Crippen molar-refractivity contribution in [2.75, 3.05) is 0 Å². The van der Waals surface area contributed by atoms with Crippen LogP contribution in [-0.4, -0.2) is 21.2 Å². The summed E-state index contributed by atoms with van der Waals surface area (Å²) in [6.07, 6.45) is 4.72. The highest BCUT2D eigenvalue weighted by molar-refractivity contribution is 7.15. The van der Waals surface area contributed by atoms with Crippen LogP contribution in [0.3, 0.4) is 0 Å². The molecule has 118 valence electrons. The van der Waals surface area contributed by atoms with Crippen LogP contribution in [0.4, 0.5) is 0 Å². The Kier molecular flexibility index (Phi) is 4.38. The van der Waals surface area contributed by atoms with Crippen LogP contribution in [0.25, 0.3) is 4.96 Å². The normalized spacial score (nSPS) is 10.7. The molecule has 0 saturated heterocycles. The van der Waals surface area contributed by atoms with Crippen LogP contribution in [0, 0.1) is 0 Å². The van der Waals surface area contributed by atoms with E-state index in [4.69, 9.17) is 0 Å². The maximum atomic E-state index is 12.0. The van der Waals surface area contributed by atoms with Gasteiger partial charge in [0, 0.05) is 23.3 Å². The number of nitrogens with one attached hydrogen (secondary N) is 2. The highest BCUT2D eigenvalue weighted by atomic mass is 32.1. The topological polar surface area (TPSA) is 75.5 Å². The Balaban J connectivity index is 1.53. The minimum Gasteiger partial charge on any atom is -0.297 e. The van der Waals surface area contributed by atoms with Crippen molar-refractivity contribution in [3.63, 3.8) is 0 Å². The first kappa shape index (κ1) is 15.2. The van der Waals surface area contributed by atoms with Crippen LogP contribution in [0.15, 0.2) is 42.0 Å². The van der Waals surface area contributed by atoms with E-state index in [1.807, 2.05) is 28.1 Å². The van der Waals surface area contributed by atoms with E-state index in [0.717, 1.165) is 16.9 Å². The minimum absolute atomic E-state index is 0.115. The molecule has 0 unspecified atom stereocenters. The monoisotopic (exact) mass is 328 g/mol. The van der Waals surface area contributed by atoms with Crippen molar-refractivity contribution in [1.82, 2.24) is 20.2 Å². The van der Waals surface area contributed by atoms with Crippen LogP contribution < -0.4 is 10.9 Å². The third kappa shape index (κ3) is 3.57. The first-order valence-electron chi connectivity index (χ1n) is 7.25. The number of benzene rings is 1. The standard InChI is InChI=1S/C16H16N4O2S/c1-2-11-3-5-12(6-4-11)15(22)19-18-14(21)9-13-10-20-7-8-23-16(20)17-13/h3-8,10H,2,9H2,1H3,(H,18,21)(H,19,22). The number of carbonyl (C=O) groups excluding carboxylic acids is 2. The number of rotatable bonds is 4. The lowest BCUT2D eigenvalue weighted by Gasteiger charge is -2.07. The number of nitrogens with zero attached hydrogens (tertiary/aromatic N) is 2. The second kappa shape index (κ2) is 6.62. The van der Waals surface area contributed by atoms with Gasteiger partial charge in [0.1, 0.15) is 0 Å². The number of aromatic nitrogens is 2. The molecule has 1 aromatic carbocycles. The zero-order valence-corrected chi connectivity index (χ0v) is 13.4. The molecule has 0 aliphatic rings. The summed E-state index contributed by atoms with van der Waals surface area (Å²) in [5.74, 6) is -0.652. The largest absolute Gasteiger partial charge is 0.297 e. The average Bonchev–Trinajstić information content (AvgIpc) is 3.14. The average molecular weight is 328 g/mol. The molecular weight excluding hydrogens is 312 g/mol. The fourth-order valence-corrected chi connectivity index (χ4v) is 2.88. The summed E-state index contributed by atoms with van der Waals surface area (Å²) >= 11 is 1.50. The molecule has 0 aliphatic carbocycles. The predicted molar refractivity (Wildman–Crippen MR) is 88.2 cm³/mol. The van der Waals surface area contributed by atoms with E-state index in [9.17, 15) is 9.59 Å². The Morgan fingerprint density at radius 1 is 1.22 bits per heavy atom. The number of hydrazine groups is 1. The molecule has 0 aliphatic heterocycles. The number of imidazole rings is 1. The molecule has 23 heavy (non-hydrogen) atoms. The second-order valence-electron chi connectivity index (χ2n) is 5.05. The number of hydrogen-bond acceptors (Lipinski definition) is 4. The lowest BCUT2D eigenvalue weighted by atomic mass is 10.1. The van der Waals surface area contributed by atoms with Gasteiger partial charge in [-0.3, -0.25) is 24.8 Å². The minimum atomic E-state index is -0.341. The molecule has 7 heteroatoms. The summed E-state index contributed by atoms with van der Waals surface area (Å²) in [6, 6.07) is 7.27. The van der Waals surface area contributed by atoms with Crippen molar-refractivity contribution in [2.45, 2.75) is 19.8 Å². The van der Waals surface area contributed by atoms with Crippen molar-refractivity contribution in [2.24, 2.45) is 0 Å². The smallest absolute Gasteiger partial charge is 0.269 e. The van der Waals surface area contributed by atoms with Crippen molar-refractivity contribution in [3.8, 4) is 0 Å². The van der Waals surface area contributed by atoms with E-state index >= 15 is 0 Å². The van der Waals surface area contributed by atoms with Gasteiger partial charge >= 0.3 is 0 Å². The quantitative estimate of drug-likeness (QED) is 0.719. The molecule has 0 spiro atoms. The van der Waals surface area contributed by atoms with E-state index in [1.54, 1.807) is 18.3 Å². The van der Waals surface area contributed by atoms with E-state index in [1.165, 1.54) is 11.3 Å². The van der Waals surface area contributed by atoms with Gasteiger partial charge in [-0.1, -0.05) is 19.1 Å². The SMILES string of the molecule is CCc1ccc(C(=O)NNC(=O)Cc2cn3ccsc3n2)cc1. The van der Waals surface area contributed by atoms with Gasteiger partial charge in [-0.05, 0) is 24.1 Å². The van der Waals surface area contributed by atoms with Gasteiger partial charge in [0.2, 0.25) is 5.91 Å². The molecule has 0 saturated carbocycles. The van der Waals surface area contributed by atoms with Crippen LogP contribution in [0.5, 0.6) is 0 Å². The van der Waals surface area contributed by atoms with Crippen molar-refractivity contribution in [3.05, 3.63) is 58.9 Å². The van der Waals surface area contributed by atoms with Crippen molar-refractivity contribution in [1.29, 1.82) is 0 Å². The van der Waals surface area contributed by atoms with E-state index in [0.29, 0.717) is 11.3 Å². The fraction of sp³-hybridized carbons (Fsp3) is 0.188. The summed E-state index contributed by atoms with van der Waals surface area (Å²) < 4.78 is 1.86. The number of aryl methyl sites for hydroxylation is 1. The summed E-state index contributed by atoms with van der Waals surface area (Å²) in [5, 5.41) is 1.93. The number of amides is 2. The van der Waals surface area contributed by atoms with Crippen molar-refractivity contribution < 1.29 is 9.59 Å². The Morgan fingerprint density at radius 3 is 2.70 bits per heavy atom. The molecule has 0 fully saturated rings. The zero-order chi connectivity index (χ0) is 16.2. The van der Waals surface area contributed by atoms with Crippen LogP contribution in [-0.2, 0) is 17.6 Å². The molecular formula is C16H16N4O2S. The highest BCUT2D eigenvalue weighted by Crippen LogP contribution is 2.11. The molecule has 6 nitrogen and oxygen atoms in total. The van der Waals surface area contributed by atoms with Gasteiger partial charge in [0.25, 0.3) is 5.91 Å². The summed E-state index contributed by atoms with van der Waals surface area (Å²) in [5.41, 5.74) is 7.15. The first-order valence-corrected chi connectivity index (χ1v) is 8.13. The van der Waals surface area contributed by atoms with E-state index in [-0.39, 0.29) is 18.2 Å². The van der Waals surface area contributed by atoms with Crippen molar-refractivity contribution >= 4 is 28.1 Å². The summed E-state index contributed by atoms with van der Waals surface area (Å²) in [4.78, 5) is 29.0. The number of fused-ring (bicyclic) bond motifs is 1. The molecule has 0 atom stereocenters. The molecule has 2 N–H and O–H groups in total. The van der Waals surface area contributed by atoms with Crippen LogP contribution in [0.1, 0.15) is 28.5 Å². The first-order chi connectivity index (χ1) is 11.2. The Morgan fingerprint density at radius 2 is 2.00 bits per heavy atom.